The average Bonchev–Trinajstić information content (AvgIpc) is 3.09. The molecule has 0 bridgehead atoms. The highest BCUT2D eigenvalue weighted by atomic mass is 16.3. The van der Waals surface area contributed by atoms with Gasteiger partial charge in [0.25, 0.3) is 0 Å². The van der Waals surface area contributed by atoms with Gasteiger partial charge in [-0.1, -0.05) is 12.1 Å². The molecule has 5 heteroatoms. The van der Waals surface area contributed by atoms with Gasteiger partial charge in [0.05, 0.1) is 17.1 Å². The molecule has 2 aromatic rings. The van der Waals surface area contributed by atoms with Crippen molar-refractivity contribution in [3.63, 3.8) is 0 Å². The number of imidazole rings is 1. The lowest BCUT2D eigenvalue weighted by atomic mass is 10.2. The maximum Gasteiger partial charge on any atom is 0.248 e. The third-order valence-corrected chi connectivity index (χ3v) is 4.01. The van der Waals surface area contributed by atoms with Crippen LogP contribution in [0.4, 0.5) is 0 Å². The second kappa shape index (κ2) is 5.25. The van der Waals surface area contributed by atoms with Crippen LogP contribution < -0.4 is 0 Å². The topological polar surface area (TPSA) is 58.4 Å². The van der Waals surface area contributed by atoms with E-state index in [1.165, 1.54) is 0 Å². The summed E-state index contributed by atoms with van der Waals surface area (Å²) in [5.74, 6) is 0.732. The second-order valence-electron chi connectivity index (χ2n) is 5.11. The quantitative estimate of drug-likeness (QED) is 0.926. The maximum absolute atomic E-state index is 11.9. The lowest BCUT2D eigenvalue weighted by Crippen LogP contribution is -2.33. The highest BCUT2D eigenvalue weighted by Crippen LogP contribution is 2.33. The molecule has 0 saturated carbocycles. The van der Waals surface area contributed by atoms with E-state index in [0.29, 0.717) is 6.54 Å². The lowest BCUT2D eigenvalue weighted by molar-refractivity contribution is -0.135. The summed E-state index contributed by atoms with van der Waals surface area (Å²) in [5.41, 5.74) is 2.07. The van der Waals surface area contributed by atoms with Gasteiger partial charge in [-0.15, -0.1) is 0 Å². The van der Waals surface area contributed by atoms with E-state index in [2.05, 4.69) is 17.6 Å². The predicted octanol–water partition coefficient (Wildman–Crippen LogP) is 1.71. The van der Waals surface area contributed by atoms with Crippen molar-refractivity contribution in [2.75, 3.05) is 13.2 Å². The molecule has 1 atom stereocenters. The van der Waals surface area contributed by atoms with Crippen molar-refractivity contribution in [1.29, 1.82) is 0 Å². The van der Waals surface area contributed by atoms with Crippen LogP contribution in [0.15, 0.2) is 24.3 Å². The van der Waals surface area contributed by atoms with E-state index in [-0.39, 0.29) is 11.9 Å². The Morgan fingerprint density at radius 2 is 2.25 bits per heavy atom. The first-order valence-electron chi connectivity index (χ1n) is 7.11. The Bertz CT molecular complexity index is 635. The first-order valence-corrected chi connectivity index (χ1v) is 7.11. The van der Waals surface area contributed by atoms with Crippen molar-refractivity contribution in [2.24, 2.45) is 0 Å². The Kier molecular flexibility index (Phi) is 3.44. The minimum atomic E-state index is -0.428. The number of aryl methyl sites for hydroxylation is 1. The zero-order chi connectivity index (χ0) is 14.1. The molecule has 1 saturated heterocycles. The summed E-state index contributed by atoms with van der Waals surface area (Å²) >= 11 is 0. The van der Waals surface area contributed by atoms with Crippen molar-refractivity contribution in [2.45, 2.75) is 32.4 Å². The van der Waals surface area contributed by atoms with Gasteiger partial charge < -0.3 is 14.6 Å². The molecule has 3 rings (SSSR count). The molecule has 1 unspecified atom stereocenters. The molecule has 0 radical (unpaired) electrons. The van der Waals surface area contributed by atoms with Crippen molar-refractivity contribution in [1.82, 2.24) is 14.5 Å². The standard InChI is InChI=1S/C15H19N3O2/c1-2-17-12-7-4-3-6-11(12)16-15(17)13-8-5-9-18(13)14(20)10-19/h3-4,6-7,13,19H,2,5,8-10H2,1H3. The number of carbonyl (C=O) groups excluding carboxylic acids is 1. The number of para-hydroxylation sites is 2. The first-order chi connectivity index (χ1) is 9.76. The number of rotatable bonds is 3. The molecule has 20 heavy (non-hydrogen) atoms. The monoisotopic (exact) mass is 273 g/mol. The third-order valence-electron chi connectivity index (χ3n) is 4.01. The van der Waals surface area contributed by atoms with E-state index in [1.54, 1.807) is 4.90 Å². The van der Waals surface area contributed by atoms with Gasteiger partial charge in [-0.2, -0.15) is 0 Å². The van der Waals surface area contributed by atoms with Gasteiger partial charge in [0.2, 0.25) is 5.91 Å². The summed E-state index contributed by atoms with van der Waals surface area (Å²) in [6.45, 7) is 3.19. The van der Waals surface area contributed by atoms with Crippen LogP contribution in [0, 0.1) is 0 Å². The Morgan fingerprint density at radius 1 is 1.45 bits per heavy atom. The van der Waals surface area contributed by atoms with Gasteiger partial charge in [0.15, 0.2) is 0 Å². The average molecular weight is 273 g/mol. The van der Waals surface area contributed by atoms with Crippen LogP contribution >= 0.6 is 0 Å². The molecule has 1 aromatic heterocycles. The summed E-state index contributed by atoms with van der Waals surface area (Å²) in [4.78, 5) is 18.3. The molecule has 1 aliphatic rings. The number of hydrogen-bond acceptors (Lipinski definition) is 3. The van der Waals surface area contributed by atoms with E-state index in [1.807, 2.05) is 18.2 Å². The zero-order valence-corrected chi connectivity index (χ0v) is 11.6. The molecule has 1 aliphatic heterocycles. The summed E-state index contributed by atoms with van der Waals surface area (Å²) in [6, 6.07) is 8.03. The van der Waals surface area contributed by atoms with Crippen LogP contribution in [0.3, 0.4) is 0 Å². The number of aliphatic hydroxyl groups excluding tert-OH is 1. The zero-order valence-electron chi connectivity index (χ0n) is 11.6. The molecule has 1 amide bonds. The van der Waals surface area contributed by atoms with Crippen molar-refractivity contribution >= 4 is 16.9 Å². The van der Waals surface area contributed by atoms with Gasteiger partial charge in [-0.25, -0.2) is 4.98 Å². The van der Waals surface area contributed by atoms with E-state index in [4.69, 9.17) is 10.1 Å². The van der Waals surface area contributed by atoms with Gasteiger partial charge in [0, 0.05) is 13.1 Å². The number of likely N-dealkylation sites (tertiary alicyclic amines) is 1. The lowest BCUT2D eigenvalue weighted by Gasteiger charge is -2.24. The van der Waals surface area contributed by atoms with Gasteiger partial charge in [0.1, 0.15) is 12.4 Å². The van der Waals surface area contributed by atoms with Crippen LogP contribution in [0.5, 0.6) is 0 Å². The molecule has 0 aliphatic carbocycles. The number of amides is 1. The Balaban J connectivity index is 2.07. The summed E-state index contributed by atoms with van der Waals surface area (Å²) in [6.07, 6.45) is 1.87. The van der Waals surface area contributed by atoms with Gasteiger partial charge in [-0.05, 0) is 31.9 Å². The highest BCUT2D eigenvalue weighted by Gasteiger charge is 2.32. The second-order valence-corrected chi connectivity index (χ2v) is 5.11. The minimum Gasteiger partial charge on any atom is -0.387 e. The van der Waals surface area contributed by atoms with Crippen LogP contribution in [-0.4, -0.2) is 38.6 Å². The molecule has 5 nitrogen and oxygen atoms in total. The van der Waals surface area contributed by atoms with Crippen molar-refractivity contribution < 1.29 is 9.90 Å². The summed E-state index contributed by atoms with van der Waals surface area (Å²) < 4.78 is 2.17. The van der Waals surface area contributed by atoms with E-state index >= 15 is 0 Å². The Morgan fingerprint density at radius 3 is 3.00 bits per heavy atom. The fourth-order valence-electron chi connectivity index (χ4n) is 3.11. The smallest absolute Gasteiger partial charge is 0.248 e. The Labute approximate surface area is 117 Å². The molecule has 1 aromatic carbocycles. The number of aromatic nitrogens is 2. The molecular weight excluding hydrogens is 254 g/mol. The predicted molar refractivity (Wildman–Crippen MR) is 76.2 cm³/mol. The van der Waals surface area contributed by atoms with E-state index < -0.39 is 6.61 Å². The number of benzene rings is 1. The molecule has 1 fully saturated rings. The van der Waals surface area contributed by atoms with Crippen molar-refractivity contribution in [3.05, 3.63) is 30.1 Å². The summed E-state index contributed by atoms with van der Waals surface area (Å²) in [7, 11) is 0. The molecule has 2 heterocycles. The third kappa shape index (κ3) is 1.98. The fourth-order valence-corrected chi connectivity index (χ4v) is 3.11. The number of nitrogens with zero attached hydrogens (tertiary/aromatic N) is 3. The van der Waals surface area contributed by atoms with E-state index in [0.717, 1.165) is 36.2 Å². The SMILES string of the molecule is CCn1c(C2CCCN2C(=O)CO)nc2ccccc21. The van der Waals surface area contributed by atoms with Crippen molar-refractivity contribution in [3.8, 4) is 0 Å². The maximum atomic E-state index is 11.9. The van der Waals surface area contributed by atoms with Crippen LogP contribution in [0.2, 0.25) is 0 Å². The number of aliphatic hydroxyl groups is 1. The van der Waals surface area contributed by atoms with E-state index in [9.17, 15) is 4.79 Å². The summed E-state index contributed by atoms with van der Waals surface area (Å²) in [5, 5.41) is 9.11. The van der Waals surface area contributed by atoms with Crippen LogP contribution in [0.25, 0.3) is 11.0 Å². The first kappa shape index (κ1) is 13.1. The number of carbonyl (C=O) groups is 1. The minimum absolute atomic E-state index is 0.0120. The molecule has 0 spiro atoms. The fraction of sp³-hybridized carbons (Fsp3) is 0.467. The molecular formula is C15H19N3O2. The molecule has 106 valence electrons. The Hall–Kier alpha value is -1.88. The van der Waals surface area contributed by atoms with Gasteiger partial charge >= 0.3 is 0 Å². The number of fused-ring (bicyclic) bond motifs is 1. The number of hydrogen-bond donors (Lipinski definition) is 1. The van der Waals surface area contributed by atoms with Crippen LogP contribution in [-0.2, 0) is 11.3 Å². The normalized spacial score (nSPS) is 18.9. The van der Waals surface area contributed by atoms with Gasteiger partial charge in [-0.3, -0.25) is 4.79 Å². The van der Waals surface area contributed by atoms with Crippen LogP contribution in [0.1, 0.15) is 31.6 Å². The highest BCUT2D eigenvalue weighted by molar-refractivity contribution is 5.79. The largest absolute Gasteiger partial charge is 0.387 e. The molecule has 1 N–H and O–H groups in total.